The molecule has 0 aliphatic rings. The third kappa shape index (κ3) is 4.39. The van der Waals surface area contributed by atoms with E-state index in [9.17, 15) is 4.79 Å². The van der Waals surface area contributed by atoms with E-state index in [0.717, 1.165) is 16.5 Å². The second-order valence-corrected chi connectivity index (χ2v) is 8.04. The van der Waals surface area contributed by atoms with Gasteiger partial charge in [0.25, 0.3) is 5.91 Å². The van der Waals surface area contributed by atoms with Crippen molar-refractivity contribution in [1.29, 1.82) is 0 Å². The fourth-order valence-electron chi connectivity index (χ4n) is 3.27. The molecule has 0 aliphatic carbocycles. The van der Waals surface area contributed by atoms with E-state index in [1.54, 1.807) is 32.7 Å². The number of amides is 1. The van der Waals surface area contributed by atoms with E-state index in [-0.39, 0.29) is 12.5 Å². The highest BCUT2D eigenvalue weighted by atomic mass is 32.1. The van der Waals surface area contributed by atoms with Gasteiger partial charge in [-0.25, -0.2) is 4.98 Å². The molecule has 0 unspecified atom stereocenters. The number of aromatic nitrogens is 3. The second-order valence-electron chi connectivity index (χ2n) is 7.04. The molecule has 3 aromatic heterocycles. The molecule has 9 heteroatoms. The zero-order valence-corrected chi connectivity index (χ0v) is 18.9. The minimum Gasteiger partial charge on any atom is -0.480 e. The molecule has 8 nitrogen and oxygen atoms in total. The first-order chi connectivity index (χ1) is 15.5. The molecule has 0 aliphatic heterocycles. The molecule has 0 atom stereocenters. The molecule has 1 aromatic carbocycles. The standard InChI is InChI=1S/C23H22N4O4S/c1-13-10-15(7-8-17(13)31-16-6-5-9-24-11-16)25-21(28)20-14(2)19-22(30-4)26-18(12-29-3)27-23(19)32-20/h5-11H,12H2,1-4H3,(H,25,28). The molecule has 32 heavy (non-hydrogen) atoms. The Morgan fingerprint density at radius 1 is 1.16 bits per heavy atom. The number of carbonyl (C=O) groups excluding carboxylic acids is 1. The average molecular weight is 451 g/mol. The number of carbonyl (C=O) groups is 1. The maximum absolute atomic E-state index is 13.0. The molecule has 3 heterocycles. The van der Waals surface area contributed by atoms with Crippen LogP contribution in [0.2, 0.25) is 0 Å². The molecule has 0 saturated heterocycles. The van der Waals surface area contributed by atoms with Crippen LogP contribution in [0.15, 0.2) is 42.7 Å². The summed E-state index contributed by atoms with van der Waals surface area (Å²) in [5, 5.41) is 3.69. The number of rotatable bonds is 7. The zero-order valence-electron chi connectivity index (χ0n) is 18.1. The minimum atomic E-state index is -0.221. The summed E-state index contributed by atoms with van der Waals surface area (Å²) in [6.45, 7) is 4.05. The third-order valence-electron chi connectivity index (χ3n) is 4.77. The summed E-state index contributed by atoms with van der Waals surface area (Å²) in [5.41, 5.74) is 2.33. The van der Waals surface area contributed by atoms with Crippen LogP contribution >= 0.6 is 11.3 Å². The fraction of sp³-hybridized carbons (Fsp3) is 0.217. The first kappa shape index (κ1) is 21.7. The highest BCUT2D eigenvalue weighted by Gasteiger charge is 2.21. The lowest BCUT2D eigenvalue weighted by atomic mass is 10.1. The topological polar surface area (TPSA) is 95.5 Å². The van der Waals surface area contributed by atoms with Crippen LogP contribution in [0.5, 0.6) is 17.4 Å². The number of nitrogens with zero attached hydrogens (tertiary/aromatic N) is 3. The van der Waals surface area contributed by atoms with Crippen LogP contribution in [-0.4, -0.2) is 35.1 Å². The van der Waals surface area contributed by atoms with Gasteiger partial charge in [-0.05, 0) is 55.3 Å². The SMILES string of the molecule is COCc1nc(OC)c2c(C)c(C(=O)Nc3ccc(Oc4cccnc4)c(C)c3)sc2n1. The number of aryl methyl sites for hydroxylation is 2. The number of fused-ring (bicyclic) bond motifs is 1. The Bertz CT molecular complexity index is 1270. The van der Waals surface area contributed by atoms with Crippen molar-refractivity contribution in [3.05, 3.63) is 64.6 Å². The van der Waals surface area contributed by atoms with Gasteiger partial charge in [-0.2, -0.15) is 4.98 Å². The summed E-state index contributed by atoms with van der Waals surface area (Å²) >= 11 is 1.30. The van der Waals surface area contributed by atoms with Crippen LogP contribution in [0.1, 0.15) is 26.6 Å². The monoisotopic (exact) mass is 450 g/mol. The molecule has 1 amide bonds. The number of nitrogens with one attached hydrogen (secondary N) is 1. The molecular weight excluding hydrogens is 428 g/mol. The summed E-state index contributed by atoms with van der Waals surface area (Å²) in [6.07, 6.45) is 3.34. The first-order valence-corrected chi connectivity index (χ1v) is 10.6. The lowest BCUT2D eigenvalue weighted by Crippen LogP contribution is -2.11. The van der Waals surface area contributed by atoms with Crippen molar-refractivity contribution in [3.8, 4) is 17.4 Å². The van der Waals surface area contributed by atoms with Crippen molar-refractivity contribution < 1.29 is 19.0 Å². The molecule has 1 N–H and O–H groups in total. The molecule has 0 bridgehead atoms. The first-order valence-electron chi connectivity index (χ1n) is 9.83. The van der Waals surface area contributed by atoms with Crippen molar-refractivity contribution >= 4 is 33.1 Å². The number of anilines is 1. The smallest absolute Gasteiger partial charge is 0.266 e. The van der Waals surface area contributed by atoms with Crippen molar-refractivity contribution in [2.24, 2.45) is 0 Å². The van der Waals surface area contributed by atoms with Gasteiger partial charge in [-0.3, -0.25) is 9.78 Å². The van der Waals surface area contributed by atoms with Crippen molar-refractivity contribution in [2.75, 3.05) is 19.5 Å². The number of methoxy groups -OCH3 is 2. The van der Waals surface area contributed by atoms with Crippen LogP contribution in [-0.2, 0) is 11.3 Å². The fourth-order valence-corrected chi connectivity index (χ4v) is 4.35. The number of hydrogen-bond acceptors (Lipinski definition) is 8. The van der Waals surface area contributed by atoms with Crippen LogP contribution < -0.4 is 14.8 Å². The molecule has 4 aromatic rings. The Labute approximate surface area is 189 Å². The molecular formula is C23H22N4O4S. The number of thiophene rings is 1. The molecule has 0 saturated carbocycles. The highest BCUT2D eigenvalue weighted by molar-refractivity contribution is 7.20. The third-order valence-corrected chi connectivity index (χ3v) is 5.96. The molecule has 164 valence electrons. The Morgan fingerprint density at radius 2 is 2.00 bits per heavy atom. The number of hydrogen-bond donors (Lipinski definition) is 1. The van der Waals surface area contributed by atoms with Crippen molar-refractivity contribution in [1.82, 2.24) is 15.0 Å². The summed E-state index contributed by atoms with van der Waals surface area (Å²) in [6, 6.07) is 9.13. The van der Waals surface area contributed by atoms with Crippen LogP contribution in [0.4, 0.5) is 5.69 Å². The van der Waals surface area contributed by atoms with Crippen molar-refractivity contribution in [3.63, 3.8) is 0 Å². The van der Waals surface area contributed by atoms with E-state index < -0.39 is 0 Å². The Balaban J connectivity index is 1.58. The van der Waals surface area contributed by atoms with E-state index in [2.05, 4.69) is 20.3 Å². The lowest BCUT2D eigenvalue weighted by molar-refractivity contribution is 0.103. The van der Waals surface area contributed by atoms with Gasteiger partial charge in [0.1, 0.15) is 22.9 Å². The van der Waals surface area contributed by atoms with Crippen LogP contribution in [0, 0.1) is 13.8 Å². The normalized spacial score (nSPS) is 10.9. The van der Waals surface area contributed by atoms with E-state index in [1.807, 2.05) is 38.1 Å². The summed E-state index contributed by atoms with van der Waals surface area (Å²) in [5.74, 6) is 2.06. The number of ether oxygens (including phenoxy) is 3. The second kappa shape index (κ2) is 9.29. The average Bonchev–Trinajstić information content (AvgIpc) is 3.12. The molecule has 4 rings (SSSR count). The molecule has 0 fully saturated rings. The van der Waals surface area contributed by atoms with Gasteiger partial charge in [0.05, 0.1) is 23.6 Å². The van der Waals surface area contributed by atoms with Gasteiger partial charge in [0, 0.05) is 19.0 Å². The lowest BCUT2D eigenvalue weighted by Gasteiger charge is -2.11. The van der Waals surface area contributed by atoms with Gasteiger partial charge in [0.15, 0.2) is 5.82 Å². The Kier molecular flexibility index (Phi) is 6.29. The maximum atomic E-state index is 13.0. The predicted molar refractivity (Wildman–Crippen MR) is 123 cm³/mol. The van der Waals surface area contributed by atoms with E-state index in [4.69, 9.17) is 14.2 Å². The van der Waals surface area contributed by atoms with Crippen LogP contribution in [0.25, 0.3) is 10.2 Å². The minimum absolute atomic E-state index is 0.221. The van der Waals surface area contributed by atoms with Gasteiger partial charge in [0.2, 0.25) is 5.88 Å². The summed E-state index contributed by atoms with van der Waals surface area (Å²) in [7, 11) is 3.13. The zero-order chi connectivity index (χ0) is 22.7. The summed E-state index contributed by atoms with van der Waals surface area (Å²) in [4.78, 5) is 27.2. The maximum Gasteiger partial charge on any atom is 0.266 e. The van der Waals surface area contributed by atoms with E-state index in [0.29, 0.717) is 38.6 Å². The molecule has 0 spiro atoms. The summed E-state index contributed by atoms with van der Waals surface area (Å²) < 4.78 is 16.4. The van der Waals surface area contributed by atoms with E-state index in [1.165, 1.54) is 11.3 Å². The van der Waals surface area contributed by atoms with Gasteiger partial charge < -0.3 is 19.5 Å². The quantitative estimate of drug-likeness (QED) is 0.428. The van der Waals surface area contributed by atoms with Gasteiger partial charge in [-0.1, -0.05) is 0 Å². The van der Waals surface area contributed by atoms with E-state index >= 15 is 0 Å². The van der Waals surface area contributed by atoms with Gasteiger partial charge >= 0.3 is 0 Å². The van der Waals surface area contributed by atoms with Gasteiger partial charge in [-0.15, -0.1) is 11.3 Å². The largest absolute Gasteiger partial charge is 0.480 e. The molecule has 0 radical (unpaired) electrons. The van der Waals surface area contributed by atoms with Crippen LogP contribution in [0.3, 0.4) is 0 Å². The number of pyridine rings is 1. The Morgan fingerprint density at radius 3 is 2.69 bits per heavy atom. The Hall–Kier alpha value is -3.56. The van der Waals surface area contributed by atoms with Crippen molar-refractivity contribution in [2.45, 2.75) is 20.5 Å². The highest BCUT2D eigenvalue weighted by Crippen LogP contribution is 2.35. The predicted octanol–water partition coefficient (Wildman–Crippen LogP) is 4.90. The number of benzene rings is 1.